The Hall–Kier alpha value is -1.15. The topological polar surface area (TPSA) is 42.4 Å². The van der Waals surface area contributed by atoms with Gasteiger partial charge in [0.05, 0.1) is 0 Å². The Kier molecular flexibility index (Phi) is 7.03. The first kappa shape index (κ1) is 21.9. The average molecular weight is 399 g/mol. The minimum absolute atomic E-state index is 0. The van der Waals surface area contributed by atoms with Crippen molar-refractivity contribution in [2.24, 2.45) is 5.92 Å². The quantitative estimate of drug-likeness (QED) is 0.680. The van der Waals surface area contributed by atoms with Crippen LogP contribution >= 0.6 is 25.1 Å². The molecule has 0 aromatic carbocycles. The van der Waals surface area contributed by atoms with Gasteiger partial charge in [-0.3, -0.25) is 0 Å². The second-order valence-electron chi connectivity index (χ2n) is 6.97. The molecule has 1 saturated heterocycles. The fourth-order valence-corrected chi connectivity index (χ4v) is 2.87. The lowest BCUT2D eigenvalue weighted by Crippen LogP contribution is -2.35. The van der Waals surface area contributed by atoms with Crippen molar-refractivity contribution in [3.63, 3.8) is 0 Å². The van der Waals surface area contributed by atoms with E-state index in [-0.39, 0.29) is 24.6 Å². The average Bonchev–Trinajstić information content (AvgIpc) is 2.83. The summed E-state index contributed by atoms with van der Waals surface area (Å²) in [6, 6.07) is 2.45. The van der Waals surface area contributed by atoms with Crippen LogP contribution in [0.3, 0.4) is 0 Å². The zero-order chi connectivity index (χ0) is 18.1. The van der Waals surface area contributed by atoms with E-state index in [4.69, 9.17) is 16.3 Å². The molecule has 9 heteroatoms. The minimum atomic E-state index is -4.53. The molecular weight excluding hydrogens is 377 g/mol. The van der Waals surface area contributed by atoms with Gasteiger partial charge >= 0.3 is 12.3 Å². The highest BCUT2D eigenvalue weighted by Crippen LogP contribution is 2.31. The highest BCUT2D eigenvalue weighted by molar-refractivity contribution is 7.59. The minimum Gasteiger partial charge on any atom is -0.444 e. The summed E-state index contributed by atoms with van der Waals surface area (Å²) in [5.74, 6) is 0.0667. The van der Waals surface area contributed by atoms with Crippen molar-refractivity contribution in [1.29, 1.82) is 0 Å². The molecule has 0 spiro atoms. The number of nitrogens with zero attached hydrogens (tertiary/aromatic N) is 2. The monoisotopic (exact) mass is 398 g/mol. The summed E-state index contributed by atoms with van der Waals surface area (Å²) >= 11 is 5.70. The normalized spacial score (nSPS) is 18.0. The van der Waals surface area contributed by atoms with Crippen LogP contribution in [0.15, 0.2) is 12.1 Å². The molecule has 1 aromatic heterocycles. The van der Waals surface area contributed by atoms with Crippen LogP contribution in [0.25, 0.3) is 0 Å². The summed E-state index contributed by atoms with van der Waals surface area (Å²) < 4.78 is 43.7. The van der Waals surface area contributed by atoms with E-state index in [0.717, 1.165) is 6.07 Å². The van der Waals surface area contributed by atoms with Gasteiger partial charge in [-0.15, -0.1) is 0 Å². The number of alkyl halides is 3. The van der Waals surface area contributed by atoms with Crippen molar-refractivity contribution < 1.29 is 22.7 Å². The molecule has 2 rings (SSSR count). The van der Waals surface area contributed by atoms with Gasteiger partial charge in [-0.05, 0) is 57.2 Å². The number of hydrogen-bond donors (Lipinski definition) is 0. The number of ether oxygens (including phenoxy) is 1. The molecule has 1 atom stereocenters. The molecule has 1 aliphatic heterocycles. The van der Waals surface area contributed by atoms with Crippen LogP contribution in [0.5, 0.6) is 0 Å². The number of likely N-dealkylation sites (tertiary alicyclic amines) is 1. The lowest BCUT2D eigenvalue weighted by atomic mass is 9.99. The molecule has 25 heavy (non-hydrogen) atoms. The molecule has 0 bridgehead atoms. The number of hydrogen-bond acceptors (Lipinski definition) is 3. The van der Waals surface area contributed by atoms with E-state index in [1.165, 1.54) is 6.07 Å². The molecule has 1 amide bonds. The third-order valence-corrected chi connectivity index (χ3v) is 3.80. The van der Waals surface area contributed by atoms with Gasteiger partial charge in [0.15, 0.2) is 0 Å². The zero-order valence-corrected chi connectivity index (χ0v) is 16.0. The SMILES string of the molecule is CC(C)(C)OC(=O)N1CC[C@H](Cc2cc(Cl)nc(C(F)(F)F)c2)C1.S. The number of aromatic nitrogens is 1. The van der Waals surface area contributed by atoms with Crippen LogP contribution in [0.2, 0.25) is 5.15 Å². The molecule has 0 radical (unpaired) electrons. The fourth-order valence-electron chi connectivity index (χ4n) is 2.64. The predicted octanol–water partition coefficient (Wildman–Crippen LogP) is 4.67. The van der Waals surface area contributed by atoms with Gasteiger partial charge in [0.1, 0.15) is 16.4 Å². The number of amides is 1. The van der Waals surface area contributed by atoms with E-state index in [2.05, 4.69) is 4.98 Å². The van der Waals surface area contributed by atoms with E-state index >= 15 is 0 Å². The molecule has 1 aliphatic rings. The Morgan fingerprint density at radius 2 is 2.00 bits per heavy atom. The number of halogens is 4. The van der Waals surface area contributed by atoms with Crippen molar-refractivity contribution >= 4 is 31.2 Å². The summed E-state index contributed by atoms with van der Waals surface area (Å²) in [6.07, 6.45) is -3.81. The lowest BCUT2D eigenvalue weighted by Gasteiger charge is -2.24. The summed E-state index contributed by atoms with van der Waals surface area (Å²) in [5.41, 5.74) is -1.10. The maximum Gasteiger partial charge on any atom is 0.433 e. The number of carbonyl (C=O) groups is 1. The van der Waals surface area contributed by atoms with Crippen LogP contribution in [0, 0.1) is 5.92 Å². The van der Waals surface area contributed by atoms with Crippen molar-refractivity contribution in [2.75, 3.05) is 13.1 Å². The molecule has 0 unspecified atom stereocenters. The smallest absolute Gasteiger partial charge is 0.433 e. The Labute approximate surface area is 157 Å². The van der Waals surface area contributed by atoms with Crippen molar-refractivity contribution in [1.82, 2.24) is 9.88 Å². The van der Waals surface area contributed by atoms with Crippen LogP contribution < -0.4 is 0 Å². The van der Waals surface area contributed by atoms with E-state index in [0.29, 0.717) is 31.5 Å². The second kappa shape index (κ2) is 8.03. The number of carbonyl (C=O) groups excluding carboxylic acids is 1. The molecule has 0 N–H and O–H groups in total. The third-order valence-electron chi connectivity index (χ3n) is 3.61. The van der Waals surface area contributed by atoms with Crippen LogP contribution in [-0.2, 0) is 17.3 Å². The molecule has 0 aliphatic carbocycles. The van der Waals surface area contributed by atoms with Crippen molar-refractivity contribution in [2.45, 2.75) is 45.4 Å². The van der Waals surface area contributed by atoms with Gasteiger partial charge in [0.2, 0.25) is 0 Å². The molecule has 1 fully saturated rings. The first-order valence-corrected chi connectivity index (χ1v) is 8.03. The van der Waals surface area contributed by atoms with E-state index in [1.54, 1.807) is 25.7 Å². The molecular formula is C16H22ClF3N2O2S. The van der Waals surface area contributed by atoms with Crippen molar-refractivity contribution in [3.8, 4) is 0 Å². The maximum atomic E-state index is 12.8. The first-order chi connectivity index (χ1) is 10.9. The number of pyridine rings is 1. The molecule has 2 heterocycles. The van der Waals surface area contributed by atoms with Gasteiger partial charge in [-0.2, -0.15) is 26.7 Å². The predicted molar refractivity (Wildman–Crippen MR) is 94.2 cm³/mol. The summed E-state index contributed by atoms with van der Waals surface area (Å²) in [4.78, 5) is 16.9. The van der Waals surface area contributed by atoms with Gasteiger partial charge in [0.25, 0.3) is 0 Å². The Balaban J connectivity index is 0.00000312. The third kappa shape index (κ3) is 6.58. The van der Waals surface area contributed by atoms with E-state index in [9.17, 15) is 18.0 Å². The summed E-state index contributed by atoms with van der Waals surface area (Å²) in [7, 11) is 0. The lowest BCUT2D eigenvalue weighted by molar-refractivity contribution is -0.141. The standard InChI is InChI=1S/C16H20ClF3N2O2.H2S/c1-15(2,3)24-14(23)22-5-4-10(9-22)6-11-7-12(16(18,19)20)21-13(17)8-11;/h7-8,10H,4-6,9H2,1-3H3;1H2/t10-;/m1./s1. The van der Waals surface area contributed by atoms with Crippen LogP contribution in [0.1, 0.15) is 38.4 Å². The fraction of sp³-hybridized carbons (Fsp3) is 0.625. The van der Waals surface area contributed by atoms with Crippen LogP contribution in [0.4, 0.5) is 18.0 Å². The first-order valence-electron chi connectivity index (χ1n) is 7.65. The summed E-state index contributed by atoms with van der Waals surface area (Å²) in [6.45, 7) is 6.35. The summed E-state index contributed by atoms with van der Waals surface area (Å²) in [5, 5.41) is -0.179. The molecule has 1 aromatic rings. The Bertz CT molecular complexity index is 620. The van der Waals surface area contributed by atoms with Gasteiger partial charge < -0.3 is 9.64 Å². The van der Waals surface area contributed by atoms with Crippen LogP contribution in [-0.4, -0.2) is 34.7 Å². The molecule has 0 saturated carbocycles. The Morgan fingerprint density at radius 1 is 1.36 bits per heavy atom. The maximum absolute atomic E-state index is 12.8. The zero-order valence-electron chi connectivity index (χ0n) is 14.3. The largest absolute Gasteiger partial charge is 0.444 e. The number of rotatable bonds is 2. The van der Waals surface area contributed by atoms with Crippen molar-refractivity contribution in [3.05, 3.63) is 28.5 Å². The Morgan fingerprint density at radius 3 is 2.56 bits per heavy atom. The van der Waals surface area contributed by atoms with E-state index < -0.39 is 23.6 Å². The van der Waals surface area contributed by atoms with Gasteiger partial charge in [-0.25, -0.2) is 9.78 Å². The highest BCUT2D eigenvalue weighted by Gasteiger charge is 2.34. The van der Waals surface area contributed by atoms with Gasteiger partial charge in [-0.1, -0.05) is 11.6 Å². The molecule has 142 valence electrons. The highest BCUT2D eigenvalue weighted by atomic mass is 35.5. The van der Waals surface area contributed by atoms with Gasteiger partial charge in [0, 0.05) is 13.1 Å². The van der Waals surface area contributed by atoms with E-state index in [1.807, 2.05) is 0 Å². The molecule has 4 nitrogen and oxygen atoms in total. The second-order valence-corrected chi connectivity index (χ2v) is 7.35.